The van der Waals surface area contributed by atoms with E-state index in [-0.39, 0.29) is 22.7 Å². The predicted octanol–water partition coefficient (Wildman–Crippen LogP) is 4.31. The van der Waals surface area contributed by atoms with Gasteiger partial charge in [0.15, 0.2) is 5.82 Å². The topological polar surface area (TPSA) is 83.6 Å². The Labute approximate surface area is 172 Å². The minimum Gasteiger partial charge on any atom is -0.507 e. The standard InChI is InChI=1S/C23H19FN2O4/c1-3-14-4-6-15(7-5-14)20-19(21(27)16-8-10-17(24)11-9-16)22(28)23(29)26(20)18-12-13(2)30-25-18/h4-12,20,27H,3H2,1-2H3/t20-/m1/s1. The Morgan fingerprint density at radius 1 is 1.13 bits per heavy atom. The van der Waals surface area contributed by atoms with E-state index in [1.165, 1.54) is 29.2 Å². The molecular weight excluding hydrogens is 387 g/mol. The van der Waals surface area contributed by atoms with Gasteiger partial charge in [0.05, 0.1) is 11.6 Å². The summed E-state index contributed by atoms with van der Waals surface area (Å²) in [5.41, 5.74) is 1.87. The van der Waals surface area contributed by atoms with Crippen LogP contribution in [0.4, 0.5) is 10.2 Å². The van der Waals surface area contributed by atoms with E-state index in [9.17, 15) is 19.1 Å². The minimum absolute atomic E-state index is 0.0866. The number of aryl methyl sites for hydroxylation is 2. The van der Waals surface area contributed by atoms with E-state index in [0.29, 0.717) is 11.3 Å². The highest BCUT2D eigenvalue weighted by atomic mass is 19.1. The van der Waals surface area contributed by atoms with Gasteiger partial charge in [0, 0.05) is 11.6 Å². The number of carbonyl (C=O) groups excluding carboxylic acids is 2. The van der Waals surface area contributed by atoms with E-state index >= 15 is 0 Å². The Hall–Kier alpha value is -3.74. The highest BCUT2D eigenvalue weighted by molar-refractivity contribution is 6.51. The molecule has 0 spiro atoms. The number of aromatic nitrogens is 1. The molecule has 0 bridgehead atoms. The van der Waals surface area contributed by atoms with Gasteiger partial charge >= 0.3 is 5.91 Å². The Morgan fingerprint density at radius 3 is 2.37 bits per heavy atom. The fourth-order valence-corrected chi connectivity index (χ4v) is 3.55. The molecule has 1 aliphatic rings. The number of hydrogen-bond donors (Lipinski definition) is 1. The summed E-state index contributed by atoms with van der Waals surface area (Å²) in [5, 5.41) is 14.8. The molecule has 1 saturated heterocycles. The Kier molecular flexibility index (Phi) is 4.95. The average molecular weight is 406 g/mol. The van der Waals surface area contributed by atoms with Crippen LogP contribution in [0, 0.1) is 12.7 Å². The van der Waals surface area contributed by atoms with Crippen LogP contribution in [0.5, 0.6) is 0 Å². The van der Waals surface area contributed by atoms with Gasteiger partial charge in [0.2, 0.25) is 0 Å². The van der Waals surface area contributed by atoms with Crippen molar-refractivity contribution >= 4 is 23.3 Å². The molecule has 1 aliphatic heterocycles. The molecule has 30 heavy (non-hydrogen) atoms. The van der Waals surface area contributed by atoms with E-state index in [1.54, 1.807) is 13.0 Å². The number of hydrogen-bond acceptors (Lipinski definition) is 5. The molecule has 6 nitrogen and oxygen atoms in total. The summed E-state index contributed by atoms with van der Waals surface area (Å²) in [7, 11) is 0. The van der Waals surface area contributed by atoms with Crippen molar-refractivity contribution in [3.8, 4) is 0 Å². The molecule has 1 N–H and O–H groups in total. The molecule has 1 fully saturated rings. The van der Waals surface area contributed by atoms with Gasteiger partial charge in [0.25, 0.3) is 5.78 Å². The third-order valence-electron chi connectivity index (χ3n) is 5.13. The third kappa shape index (κ3) is 3.28. The van der Waals surface area contributed by atoms with Crippen molar-refractivity contribution in [2.75, 3.05) is 4.90 Å². The summed E-state index contributed by atoms with van der Waals surface area (Å²) in [4.78, 5) is 27.1. The van der Waals surface area contributed by atoms with Gasteiger partial charge in [-0.1, -0.05) is 36.3 Å². The number of halogens is 1. The van der Waals surface area contributed by atoms with Crippen molar-refractivity contribution in [2.24, 2.45) is 0 Å². The van der Waals surface area contributed by atoms with Crippen LogP contribution < -0.4 is 4.90 Å². The molecule has 4 rings (SSSR count). The van der Waals surface area contributed by atoms with Crippen LogP contribution in [0.1, 0.15) is 35.4 Å². The van der Waals surface area contributed by atoms with Crippen molar-refractivity contribution in [1.82, 2.24) is 5.16 Å². The second-order valence-electron chi connectivity index (χ2n) is 7.07. The number of Topliss-reactive ketones (excluding diaryl/α,β-unsaturated/α-hetero) is 1. The van der Waals surface area contributed by atoms with Crippen LogP contribution in [-0.2, 0) is 16.0 Å². The summed E-state index contributed by atoms with van der Waals surface area (Å²) >= 11 is 0. The Morgan fingerprint density at radius 2 is 1.80 bits per heavy atom. The highest BCUT2D eigenvalue weighted by Crippen LogP contribution is 2.41. The molecule has 0 unspecified atom stereocenters. The lowest BCUT2D eigenvalue weighted by Crippen LogP contribution is -2.29. The molecule has 152 valence electrons. The quantitative estimate of drug-likeness (QED) is 0.397. The van der Waals surface area contributed by atoms with Gasteiger partial charge in [-0.2, -0.15) is 0 Å². The number of aliphatic hydroxyl groups is 1. The van der Waals surface area contributed by atoms with E-state index in [4.69, 9.17) is 4.52 Å². The molecule has 7 heteroatoms. The van der Waals surface area contributed by atoms with Crippen molar-refractivity contribution in [3.05, 3.63) is 88.4 Å². The highest BCUT2D eigenvalue weighted by Gasteiger charge is 2.48. The summed E-state index contributed by atoms with van der Waals surface area (Å²) in [5.74, 6) is -1.86. The number of carbonyl (C=O) groups is 2. The zero-order chi connectivity index (χ0) is 21.4. The second-order valence-corrected chi connectivity index (χ2v) is 7.07. The van der Waals surface area contributed by atoms with Crippen LogP contribution in [0.3, 0.4) is 0 Å². The normalized spacial score (nSPS) is 18.2. The number of ketones is 1. The van der Waals surface area contributed by atoms with Crippen molar-refractivity contribution in [3.63, 3.8) is 0 Å². The lowest BCUT2D eigenvalue weighted by atomic mass is 9.94. The summed E-state index contributed by atoms with van der Waals surface area (Å²) in [6, 6.07) is 13.2. The summed E-state index contributed by atoms with van der Waals surface area (Å²) < 4.78 is 18.4. The fourth-order valence-electron chi connectivity index (χ4n) is 3.55. The van der Waals surface area contributed by atoms with Crippen molar-refractivity contribution in [1.29, 1.82) is 0 Å². The zero-order valence-corrected chi connectivity index (χ0v) is 16.4. The van der Waals surface area contributed by atoms with Crippen LogP contribution >= 0.6 is 0 Å². The zero-order valence-electron chi connectivity index (χ0n) is 16.4. The van der Waals surface area contributed by atoms with E-state index in [1.807, 2.05) is 31.2 Å². The summed E-state index contributed by atoms with van der Waals surface area (Å²) in [6.07, 6.45) is 0.832. The molecular formula is C23H19FN2O4. The molecule has 2 aromatic carbocycles. The third-order valence-corrected chi connectivity index (χ3v) is 5.13. The number of benzene rings is 2. The molecule has 3 aromatic rings. The smallest absolute Gasteiger partial charge is 0.301 e. The van der Waals surface area contributed by atoms with Crippen molar-refractivity contribution < 1.29 is 23.6 Å². The lowest BCUT2D eigenvalue weighted by Gasteiger charge is -2.23. The number of anilines is 1. The number of aliphatic hydroxyl groups excluding tert-OH is 1. The first-order valence-electron chi connectivity index (χ1n) is 9.49. The Balaban J connectivity index is 1.92. The van der Waals surface area contributed by atoms with Gasteiger partial charge in [-0.05, 0) is 48.7 Å². The number of amides is 1. The van der Waals surface area contributed by atoms with Gasteiger partial charge < -0.3 is 9.63 Å². The lowest BCUT2D eigenvalue weighted by molar-refractivity contribution is -0.132. The predicted molar refractivity (Wildman–Crippen MR) is 108 cm³/mol. The first-order valence-corrected chi connectivity index (χ1v) is 9.49. The Bertz CT molecular complexity index is 1150. The number of nitrogens with zero attached hydrogens (tertiary/aromatic N) is 2. The van der Waals surface area contributed by atoms with Crippen LogP contribution in [0.25, 0.3) is 5.76 Å². The maximum Gasteiger partial charge on any atom is 0.301 e. The molecule has 0 aliphatic carbocycles. The maximum atomic E-state index is 13.3. The molecule has 1 amide bonds. The van der Waals surface area contributed by atoms with Gasteiger partial charge in [-0.3, -0.25) is 14.5 Å². The fraction of sp³-hybridized carbons (Fsp3) is 0.174. The van der Waals surface area contributed by atoms with Crippen LogP contribution in [0.15, 0.2) is 64.7 Å². The molecule has 2 heterocycles. The maximum absolute atomic E-state index is 13.3. The first kappa shape index (κ1) is 19.6. The molecule has 1 atom stereocenters. The van der Waals surface area contributed by atoms with Crippen LogP contribution in [-0.4, -0.2) is 22.0 Å². The van der Waals surface area contributed by atoms with Gasteiger partial charge in [-0.25, -0.2) is 4.39 Å². The first-order chi connectivity index (χ1) is 14.4. The van der Waals surface area contributed by atoms with Gasteiger partial charge in [-0.15, -0.1) is 0 Å². The SMILES string of the molecule is CCc1ccc([C@@H]2C(=C(O)c3ccc(F)cc3)C(=O)C(=O)N2c2cc(C)on2)cc1. The van der Waals surface area contributed by atoms with Crippen molar-refractivity contribution in [2.45, 2.75) is 26.3 Å². The monoisotopic (exact) mass is 406 g/mol. The summed E-state index contributed by atoms with van der Waals surface area (Å²) in [6.45, 7) is 3.70. The average Bonchev–Trinajstić information content (AvgIpc) is 3.29. The van der Waals surface area contributed by atoms with Gasteiger partial charge in [0.1, 0.15) is 17.3 Å². The van der Waals surface area contributed by atoms with E-state index in [2.05, 4.69) is 5.16 Å². The molecule has 1 aromatic heterocycles. The second kappa shape index (κ2) is 7.59. The molecule has 0 saturated carbocycles. The minimum atomic E-state index is -0.898. The van der Waals surface area contributed by atoms with E-state index < -0.39 is 23.5 Å². The van der Waals surface area contributed by atoms with E-state index in [0.717, 1.165) is 12.0 Å². The van der Waals surface area contributed by atoms with Crippen LogP contribution in [0.2, 0.25) is 0 Å². The number of rotatable bonds is 4. The largest absolute Gasteiger partial charge is 0.507 e. The molecule has 0 radical (unpaired) electrons.